The fraction of sp³-hybridized carbons (Fsp3) is 0.444. The average Bonchev–Trinajstić information content (AvgIpc) is 2.59. The number of methoxy groups -OCH3 is 1. The lowest BCUT2D eigenvalue weighted by molar-refractivity contribution is -0.139. The van der Waals surface area contributed by atoms with Gasteiger partial charge in [0.15, 0.2) is 11.5 Å². The van der Waals surface area contributed by atoms with Gasteiger partial charge in [0.1, 0.15) is 6.61 Å². The number of aliphatic carboxylic acids is 1. The molecule has 1 saturated heterocycles. The normalized spacial score (nSPS) is 15.9. The summed E-state index contributed by atoms with van der Waals surface area (Å²) in [6, 6.07) is 4.83. The molecule has 2 N–H and O–H groups in total. The second kappa shape index (κ2) is 8.53. The van der Waals surface area contributed by atoms with Crippen LogP contribution in [0.2, 0.25) is 0 Å². The predicted octanol–water partition coefficient (Wildman–Crippen LogP) is 2.01. The van der Waals surface area contributed by atoms with Gasteiger partial charge in [-0.05, 0) is 31.0 Å². The van der Waals surface area contributed by atoms with Crippen LogP contribution in [0.1, 0.15) is 29.6 Å². The molecule has 0 unspecified atom stereocenters. The van der Waals surface area contributed by atoms with E-state index in [1.165, 1.54) is 7.11 Å². The molecule has 1 aromatic rings. The van der Waals surface area contributed by atoms with E-state index in [0.717, 1.165) is 0 Å². The third-order valence-corrected chi connectivity index (χ3v) is 4.10. The van der Waals surface area contributed by atoms with E-state index in [1.807, 2.05) is 0 Å². The molecule has 0 aromatic heterocycles. The minimum atomic E-state index is -0.951. The largest absolute Gasteiger partial charge is 0.493 e. The molecule has 1 amide bonds. The van der Waals surface area contributed by atoms with Crippen molar-refractivity contribution in [3.63, 3.8) is 0 Å². The fourth-order valence-corrected chi connectivity index (χ4v) is 2.79. The first kappa shape index (κ1) is 18.8. The van der Waals surface area contributed by atoms with Gasteiger partial charge >= 0.3 is 5.97 Å². The van der Waals surface area contributed by atoms with Crippen LogP contribution in [-0.2, 0) is 9.53 Å². The molecule has 0 atom stereocenters. The second-order valence-electron chi connectivity index (χ2n) is 5.88. The van der Waals surface area contributed by atoms with Crippen LogP contribution in [0.3, 0.4) is 0 Å². The van der Waals surface area contributed by atoms with Crippen molar-refractivity contribution in [2.24, 2.45) is 0 Å². The van der Waals surface area contributed by atoms with E-state index in [4.69, 9.17) is 14.2 Å². The van der Waals surface area contributed by atoms with E-state index in [9.17, 15) is 14.7 Å². The van der Waals surface area contributed by atoms with Gasteiger partial charge in [0.2, 0.25) is 0 Å². The third-order valence-electron chi connectivity index (χ3n) is 4.10. The summed E-state index contributed by atoms with van der Waals surface area (Å²) in [6.45, 7) is 4.75. The molecule has 0 saturated carbocycles. The topological polar surface area (TPSA) is 94.1 Å². The molecule has 0 spiro atoms. The third kappa shape index (κ3) is 4.96. The molecule has 1 aliphatic rings. The standard InChI is InChI=1S/C18H23NO6/c1-3-8-25-14-5-4-13(11-15(14)23-2)17(22)19-18(12-16(20)21)6-9-24-10-7-18/h3-5,11H,1,6-10,12H2,2H3,(H,19,22)(H,20,21). The lowest BCUT2D eigenvalue weighted by Crippen LogP contribution is -2.53. The van der Waals surface area contributed by atoms with Crippen LogP contribution < -0.4 is 14.8 Å². The Bertz CT molecular complexity index is 636. The Kier molecular flexibility index (Phi) is 6.41. The van der Waals surface area contributed by atoms with Crippen molar-refractivity contribution in [1.82, 2.24) is 5.32 Å². The number of ether oxygens (including phenoxy) is 3. The minimum Gasteiger partial charge on any atom is -0.493 e. The molecular weight excluding hydrogens is 326 g/mol. The van der Waals surface area contributed by atoms with Gasteiger partial charge in [0, 0.05) is 18.8 Å². The van der Waals surface area contributed by atoms with Gasteiger partial charge in [0.25, 0.3) is 5.91 Å². The van der Waals surface area contributed by atoms with E-state index < -0.39 is 11.5 Å². The summed E-state index contributed by atoms with van der Waals surface area (Å²) >= 11 is 0. The Balaban J connectivity index is 2.17. The number of rotatable bonds is 8. The second-order valence-corrected chi connectivity index (χ2v) is 5.88. The molecule has 0 aliphatic carbocycles. The summed E-state index contributed by atoms with van der Waals surface area (Å²) in [5.74, 6) is -0.372. The van der Waals surface area contributed by atoms with Crippen LogP contribution in [0, 0.1) is 0 Å². The highest BCUT2D eigenvalue weighted by molar-refractivity contribution is 5.95. The first-order chi connectivity index (χ1) is 12.0. The lowest BCUT2D eigenvalue weighted by atomic mass is 9.86. The maximum Gasteiger partial charge on any atom is 0.305 e. The van der Waals surface area contributed by atoms with Crippen molar-refractivity contribution in [3.05, 3.63) is 36.4 Å². The number of carbonyl (C=O) groups is 2. The first-order valence-electron chi connectivity index (χ1n) is 8.03. The summed E-state index contributed by atoms with van der Waals surface area (Å²) in [5.41, 5.74) is -0.425. The van der Waals surface area contributed by atoms with E-state index in [2.05, 4.69) is 11.9 Å². The van der Waals surface area contributed by atoms with Crippen molar-refractivity contribution in [1.29, 1.82) is 0 Å². The Morgan fingerprint density at radius 3 is 2.68 bits per heavy atom. The summed E-state index contributed by atoms with van der Waals surface area (Å²) in [5, 5.41) is 12.1. The first-order valence-corrected chi connectivity index (χ1v) is 8.03. The number of carboxylic acids is 1. The molecule has 25 heavy (non-hydrogen) atoms. The molecule has 1 aliphatic heterocycles. The number of benzene rings is 1. The highest BCUT2D eigenvalue weighted by Crippen LogP contribution is 2.29. The number of hydrogen-bond acceptors (Lipinski definition) is 5. The Morgan fingerprint density at radius 2 is 2.08 bits per heavy atom. The van der Waals surface area contributed by atoms with E-state index in [0.29, 0.717) is 49.7 Å². The van der Waals surface area contributed by atoms with Gasteiger partial charge < -0.3 is 24.6 Å². The number of nitrogens with one attached hydrogen (secondary N) is 1. The zero-order chi connectivity index (χ0) is 18.3. The van der Waals surface area contributed by atoms with Gasteiger partial charge in [0.05, 0.1) is 19.1 Å². The highest BCUT2D eigenvalue weighted by Gasteiger charge is 2.36. The molecular formula is C18H23NO6. The Morgan fingerprint density at radius 1 is 1.36 bits per heavy atom. The smallest absolute Gasteiger partial charge is 0.305 e. The van der Waals surface area contributed by atoms with Crippen molar-refractivity contribution in [2.45, 2.75) is 24.8 Å². The van der Waals surface area contributed by atoms with Crippen molar-refractivity contribution in [3.8, 4) is 11.5 Å². The number of hydrogen-bond donors (Lipinski definition) is 2. The Hall–Kier alpha value is -2.54. The molecule has 1 heterocycles. The molecule has 7 nitrogen and oxygen atoms in total. The zero-order valence-electron chi connectivity index (χ0n) is 14.2. The number of amides is 1. The van der Waals surface area contributed by atoms with Crippen LogP contribution in [0.4, 0.5) is 0 Å². The summed E-state index contributed by atoms with van der Waals surface area (Å²) in [7, 11) is 1.49. The number of carboxylic acid groups (broad SMARTS) is 1. The van der Waals surface area contributed by atoms with E-state index in [-0.39, 0.29) is 12.3 Å². The molecule has 0 bridgehead atoms. The van der Waals surface area contributed by atoms with E-state index >= 15 is 0 Å². The van der Waals surface area contributed by atoms with Gasteiger partial charge in [-0.3, -0.25) is 9.59 Å². The molecule has 7 heteroatoms. The van der Waals surface area contributed by atoms with Crippen LogP contribution in [0.5, 0.6) is 11.5 Å². The molecule has 1 aromatic carbocycles. The summed E-state index contributed by atoms with van der Waals surface area (Å²) in [4.78, 5) is 23.8. The minimum absolute atomic E-state index is 0.139. The zero-order valence-corrected chi connectivity index (χ0v) is 14.2. The van der Waals surface area contributed by atoms with Gasteiger partial charge in [-0.25, -0.2) is 0 Å². The highest BCUT2D eigenvalue weighted by atomic mass is 16.5. The van der Waals surface area contributed by atoms with Crippen LogP contribution in [-0.4, -0.2) is 49.5 Å². The molecule has 1 fully saturated rings. The monoisotopic (exact) mass is 349 g/mol. The lowest BCUT2D eigenvalue weighted by Gasteiger charge is -2.36. The van der Waals surface area contributed by atoms with Gasteiger partial charge in [-0.2, -0.15) is 0 Å². The molecule has 0 radical (unpaired) electrons. The van der Waals surface area contributed by atoms with Gasteiger partial charge in [-0.1, -0.05) is 12.7 Å². The quantitative estimate of drug-likeness (QED) is 0.697. The SMILES string of the molecule is C=CCOc1ccc(C(=O)NC2(CC(=O)O)CCOCC2)cc1OC. The van der Waals surface area contributed by atoms with Crippen molar-refractivity contribution < 1.29 is 28.9 Å². The van der Waals surface area contributed by atoms with Crippen LogP contribution >= 0.6 is 0 Å². The predicted molar refractivity (Wildman–Crippen MR) is 91.2 cm³/mol. The summed E-state index contributed by atoms with van der Waals surface area (Å²) in [6.07, 6.45) is 2.39. The Labute approximate surface area is 146 Å². The molecule has 2 rings (SSSR count). The van der Waals surface area contributed by atoms with Crippen molar-refractivity contribution in [2.75, 3.05) is 26.9 Å². The average molecular weight is 349 g/mol. The van der Waals surface area contributed by atoms with Crippen molar-refractivity contribution >= 4 is 11.9 Å². The maximum absolute atomic E-state index is 12.6. The van der Waals surface area contributed by atoms with Crippen LogP contribution in [0.25, 0.3) is 0 Å². The van der Waals surface area contributed by atoms with Crippen LogP contribution in [0.15, 0.2) is 30.9 Å². The number of carbonyl (C=O) groups excluding carboxylic acids is 1. The maximum atomic E-state index is 12.6. The van der Waals surface area contributed by atoms with E-state index in [1.54, 1.807) is 24.3 Å². The fourth-order valence-electron chi connectivity index (χ4n) is 2.79. The molecule has 136 valence electrons. The summed E-state index contributed by atoms with van der Waals surface area (Å²) < 4.78 is 16.0. The van der Waals surface area contributed by atoms with Gasteiger partial charge in [-0.15, -0.1) is 0 Å².